The molecule has 0 aliphatic rings. The molecule has 1 atom stereocenters. The van der Waals surface area contributed by atoms with E-state index in [4.69, 9.17) is 4.74 Å². The maximum atomic E-state index is 12.0. The van der Waals surface area contributed by atoms with Gasteiger partial charge in [0.2, 0.25) is 5.91 Å². The number of methoxy groups -OCH3 is 1. The predicted octanol–water partition coefficient (Wildman–Crippen LogP) is 7.47. The van der Waals surface area contributed by atoms with Gasteiger partial charge in [-0.05, 0) is 55.7 Å². The molecule has 1 rings (SSSR count). The predicted molar refractivity (Wildman–Crippen MR) is 135 cm³/mol. The standard InChI is InChI=1S/C28H45NO3/c1-4-17-24(5-2)18-15-13-11-9-7-6-8-10-12-14-16-19-28(31)29-23-25-20-21-26(30)27(22-25)32-3/h7,9,13,15,20-22,24,30H,4-6,8,10-12,14,16-19,23H2,1-3H3,(H,29,31)/b9-7-,15-13-. The van der Waals surface area contributed by atoms with Crippen LogP contribution in [0.3, 0.4) is 0 Å². The highest BCUT2D eigenvalue weighted by molar-refractivity contribution is 5.75. The van der Waals surface area contributed by atoms with Crippen LogP contribution in [0.1, 0.15) is 96.5 Å². The molecule has 0 aliphatic carbocycles. The number of allylic oxidation sites excluding steroid dienone is 4. The van der Waals surface area contributed by atoms with Crippen molar-refractivity contribution in [2.75, 3.05) is 7.11 Å². The minimum Gasteiger partial charge on any atom is -0.504 e. The van der Waals surface area contributed by atoms with Gasteiger partial charge in [0.25, 0.3) is 0 Å². The lowest BCUT2D eigenvalue weighted by atomic mass is 9.97. The Labute approximate surface area is 196 Å². The number of carbonyl (C=O) groups is 1. The number of aromatic hydroxyl groups is 1. The fraction of sp³-hybridized carbons (Fsp3) is 0.607. The van der Waals surface area contributed by atoms with Crippen molar-refractivity contribution in [1.29, 1.82) is 0 Å². The molecule has 0 saturated carbocycles. The van der Waals surface area contributed by atoms with Crippen LogP contribution in [0.15, 0.2) is 42.5 Å². The van der Waals surface area contributed by atoms with E-state index < -0.39 is 0 Å². The first-order chi connectivity index (χ1) is 15.6. The second kappa shape index (κ2) is 18.4. The number of hydrogen-bond acceptors (Lipinski definition) is 3. The minimum absolute atomic E-state index is 0.0768. The van der Waals surface area contributed by atoms with Gasteiger partial charge in [-0.25, -0.2) is 0 Å². The highest BCUT2D eigenvalue weighted by Gasteiger charge is 2.05. The summed E-state index contributed by atoms with van der Waals surface area (Å²) in [4.78, 5) is 12.0. The van der Waals surface area contributed by atoms with Gasteiger partial charge in [-0.1, -0.05) is 82.7 Å². The third kappa shape index (κ3) is 13.2. The van der Waals surface area contributed by atoms with Crippen LogP contribution >= 0.6 is 0 Å². The molecule has 1 amide bonds. The molecule has 0 aromatic heterocycles. The average Bonchev–Trinajstić information content (AvgIpc) is 2.80. The van der Waals surface area contributed by atoms with Crippen molar-refractivity contribution in [3.63, 3.8) is 0 Å². The van der Waals surface area contributed by atoms with Gasteiger partial charge < -0.3 is 15.2 Å². The SMILES string of the molecule is CCCC(CC)C/C=C\C/C=C\CCCCCCCC(=O)NCc1ccc(O)c(OC)c1. The molecule has 32 heavy (non-hydrogen) atoms. The normalized spacial score (nSPS) is 12.5. The van der Waals surface area contributed by atoms with Crippen LogP contribution in [-0.4, -0.2) is 18.1 Å². The number of rotatable bonds is 18. The number of carbonyl (C=O) groups excluding carboxylic acids is 1. The summed E-state index contributed by atoms with van der Waals surface area (Å²) in [6.07, 6.45) is 22.8. The summed E-state index contributed by atoms with van der Waals surface area (Å²) in [6.45, 7) is 5.01. The van der Waals surface area contributed by atoms with E-state index in [-0.39, 0.29) is 11.7 Å². The lowest BCUT2D eigenvalue weighted by molar-refractivity contribution is -0.121. The molecule has 2 N–H and O–H groups in total. The summed E-state index contributed by atoms with van der Waals surface area (Å²) in [5, 5.41) is 12.5. The Morgan fingerprint density at radius 3 is 2.56 bits per heavy atom. The monoisotopic (exact) mass is 443 g/mol. The van der Waals surface area contributed by atoms with E-state index in [2.05, 4.69) is 43.5 Å². The number of benzene rings is 1. The third-order valence-electron chi connectivity index (χ3n) is 5.86. The molecule has 1 aromatic carbocycles. The van der Waals surface area contributed by atoms with Crippen molar-refractivity contribution in [3.8, 4) is 11.5 Å². The van der Waals surface area contributed by atoms with Gasteiger partial charge in [-0.3, -0.25) is 4.79 Å². The van der Waals surface area contributed by atoms with Gasteiger partial charge in [0.1, 0.15) is 0 Å². The van der Waals surface area contributed by atoms with E-state index >= 15 is 0 Å². The highest BCUT2D eigenvalue weighted by Crippen LogP contribution is 2.26. The Kier molecular flexibility index (Phi) is 15.9. The summed E-state index contributed by atoms with van der Waals surface area (Å²) in [6, 6.07) is 5.12. The molecule has 0 bridgehead atoms. The number of nitrogens with one attached hydrogen (secondary N) is 1. The minimum atomic E-state index is 0.0768. The van der Waals surface area contributed by atoms with Crippen LogP contribution < -0.4 is 10.1 Å². The summed E-state index contributed by atoms with van der Waals surface area (Å²) in [5.74, 6) is 1.47. The second-order valence-electron chi connectivity index (χ2n) is 8.57. The number of phenols is 1. The maximum Gasteiger partial charge on any atom is 0.220 e. The Morgan fingerprint density at radius 2 is 1.81 bits per heavy atom. The Morgan fingerprint density at radius 1 is 1.06 bits per heavy atom. The number of hydrogen-bond donors (Lipinski definition) is 2. The molecule has 1 unspecified atom stereocenters. The quantitative estimate of drug-likeness (QED) is 0.183. The molecular formula is C28H45NO3. The van der Waals surface area contributed by atoms with Crippen molar-refractivity contribution < 1.29 is 14.6 Å². The van der Waals surface area contributed by atoms with Crippen molar-refractivity contribution in [3.05, 3.63) is 48.1 Å². The molecule has 0 heterocycles. The van der Waals surface area contributed by atoms with E-state index in [1.54, 1.807) is 18.2 Å². The zero-order valence-corrected chi connectivity index (χ0v) is 20.6. The molecule has 0 spiro atoms. The number of ether oxygens (including phenoxy) is 1. The van der Waals surface area contributed by atoms with Crippen LogP contribution in [0.2, 0.25) is 0 Å². The first-order valence-electron chi connectivity index (χ1n) is 12.5. The molecule has 0 radical (unpaired) electrons. The molecule has 0 fully saturated rings. The maximum absolute atomic E-state index is 12.0. The van der Waals surface area contributed by atoms with E-state index in [1.807, 2.05) is 0 Å². The summed E-state index contributed by atoms with van der Waals surface area (Å²) < 4.78 is 5.09. The number of amides is 1. The van der Waals surface area contributed by atoms with Crippen LogP contribution in [0.4, 0.5) is 0 Å². The van der Waals surface area contributed by atoms with Crippen molar-refractivity contribution in [2.45, 2.75) is 97.4 Å². The number of phenolic OH excluding ortho intramolecular Hbond substituents is 1. The third-order valence-corrected chi connectivity index (χ3v) is 5.86. The highest BCUT2D eigenvalue weighted by atomic mass is 16.5. The lowest BCUT2D eigenvalue weighted by Gasteiger charge is -2.09. The van der Waals surface area contributed by atoms with Crippen LogP contribution in [0.25, 0.3) is 0 Å². The lowest BCUT2D eigenvalue weighted by Crippen LogP contribution is -2.22. The van der Waals surface area contributed by atoms with E-state index in [1.165, 1.54) is 52.1 Å². The zero-order valence-electron chi connectivity index (χ0n) is 20.6. The van der Waals surface area contributed by atoms with E-state index in [0.29, 0.717) is 18.7 Å². The van der Waals surface area contributed by atoms with Gasteiger partial charge in [0.15, 0.2) is 11.5 Å². The largest absolute Gasteiger partial charge is 0.504 e. The molecule has 1 aromatic rings. The Hall–Kier alpha value is -2.23. The van der Waals surface area contributed by atoms with Gasteiger partial charge in [-0.15, -0.1) is 0 Å². The average molecular weight is 444 g/mol. The van der Waals surface area contributed by atoms with Crippen LogP contribution in [0, 0.1) is 5.92 Å². The van der Waals surface area contributed by atoms with E-state index in [0.717, 1.165) is 37.2 Å². The number of unbranched alkanes of at least 4 members (excludes halogenated alkanes) is 5. The summed E-state index contributed by atoms with van der Waals surface area (Å²) in [7, 11) is 1.52. The molecular weight excluding hydrogens is 398 g/mol. The van der Waals surface area contributed by atoms with Gasteiger partial charge >= 0.3 is 0 Å². The topological polar surface area (TPSA) is 58.6 Å². The summed E-state index contributed by atoms with van der Waals surface area (Å²) in [5.41, 5.74) is 0.915. The fourth-order valence-electron chi connectivity index (χ4n) is 3.77. The molecule has 4 nitrogen and oxygen atoms in total. The second-order valence-corrected chi connectivity index (χ2v) is 8.57. The van der Waals surface area contributed by atoms with Crippen molar-refractivity contribution >= 4 is 5.91 Å². The fourth-order valence-corrected chi connectivity index (χ4v) is 3.77. The molecule has 0 saturated heterocycles. The Bertz CT molecular complexity index is 681. The molecule has 4 heteroatoms. The Balaban J connectivity index is 1.99. The molecule has 0 aliphatic heterocycles. The van der Waals surface area contributed by atoms with Crippen LogP contribution in [-0.2, 0) is 11.3 Å². The van der Waals surface area contributed by atoms with Gasteiger partial charge in [-0.2, -0.15) is 0 Å². The first-order valence-corrected chi connectivity index (χ1v) is 12.5. The zero-order chi connectivity index (χ0) is 23.4. The van der Waals surface area contributed by atoms with Crippen molar-refractivity contribution in [2.24, 2.45) is 5.92 Å². The first kappa shape index (κ1) is 27.8. The van der Waals surface area contributed by atoms with Crippen LogP contribution in [0.5, 0.6) is 11.5 Å². The summed E-state index contributed by atoms with van der Waals surface area (Å²) >= 11 is 0. The van der Waals surface area contributed by atoms with E-state index in [9.17, 15) is 9.90 Å². The van der Waals surface area contributed by atoms with Crippen molar-refractivity contribution in [1.82, 2.24) is 5.32 Å². The smallest absolute Gasteiger partial charge is 0.220 e. The van der Waals surface area contributed by atoms with Gasteiger partial charge in [0, 0.05) is 13.0 Å². The molecule has 180 valence electrons. The van der Waals surface area contributed by atoms with Gasteiger partial charge in [0.05, 0.1) is 7.11 Å².